The van der Waals surface area contributed by atoms with Crippen molar-refractivity contribution in [1.29, 1.82) is 0 Å². The number of aliphatic hydroxyl groups excluding tert-OH is 1. The van der Waals surface area contributed by atoms with Crippen molar-refractivity contribution < 1.29 is 19.3 Å². The van der Waals surface area contributed by atoms with E-state index >= 15 is 0 Å². The largest absolute Gasteiger partial charge is 0.394 e. The lowest BCUT2D eigenvalue weighted by atomic mass is 9.92. The second kappa shape index (κ2) is 10.3. The second-order valence-electron chi connectivity index (χ2n) is 6.11. The highest BCUT2D eigenvalue weighted by molar-refractivity contribution is 5.13. The van der Waals surface area contributed by atoms with Crippen LogP contribution in [0.25, 0.3) is 0 Å². The summed E-state index contributed by atoms with van der Waals surface area (Å²) in [6, 6.07) is 0. The minimum Gasteiger partial charge on any atom is -0.394 e. The SMILES string of the molecule is CNCC(CC1=CCCCC1OCCO)OC1CCCCO1. The third-order valence-electron chi connectivity index (χ3n) is 4.28. The Hall–Kier alpha value is -0.460. The summed E-state index contributed by atoms with van der Waals surface area (Å²) < 4.78 is 17.6. The molecule has 1 fully saturated rings. The minimum atomic E-state index is -0.0619. The van der Waals surface area contributed by atoms with Gasteiger partial charge in [0.2, 0.25) is 0 Å². The van der Waals surface area contributed by atoms with Gasteiger partial charge >= 0.3 is 0 Å². The number of rotatable bonds is 9. The molecule has 1 saturated heterocycles. The summed E-state index contributed by atoms with van der Waals surface area (Å²) in [4.78, 5) is 0. The maximum absolute atomic E-state index is 8.97. The number of nitrogens with one attached hydrogen (secondary N) is 1. The summed E-state index contributed by atoms with van der Waals surface area (Å²) in [5, 5.41) is 12.2. The van der Waals surface area contributed by atoms with Crippen molar-refractivity contribution >= 4 is 0 Å². The third kappa shape index (κ3) is 5.97. The molecule has 5 nitrogen and oxygen atoms in total. The maximum atomic E-state index is 8.97. The first kappa shape index (κ1) is 17.9. The van der Waals surface area contributed by atoms with E-state index in [4.69, 9.17) is 19.3 Å². The summed E-state index contributed by atoms with van der Waals surface area (Å²) in [5.74, 6) is 0. The number of ether oxygens (including phenoxy) is 3. The zero-order chi connectivity index (χ0) is 15.6. The van der Waals surface area contributed by atoms with Gasteiger partial charge in [0.15, 0.2) is 6.29 Å². The number of hydrogen-bond donors (Lipinski definition) is 2. The first-order chi connectivity index (χ1) is 10.8. The normalized spacial score (nSPS) is 27.5. The highest BCUT2D eigenvalue weighted by Gasteiger charge is 2.25. The van der Waals surface area contributed by atoms with Crippen molar-refractivity contribution in [3.63, 3.8) is 0 Å². The Labute approximate surface area is 134 Å². The first-order valence-electron chi connectivity index (χ1n) is 8.66. The predicted octanol–water partition coefficient (Wildman–Crippen LogP) is 2.00. The lowest BCUT2D eigenvalue weighted by molar-refractivity contribution is -0.187. The summed E-state index contributed by atoms with van der Waals surface area (Å²) in [5.41, 5.74) is 1.32. The molecule has 128 valence electrons. The molecule has 1 aliphatic heterocycles. The molecule has 0 amide bonds. The van der Waals surface area contributed by atoms with E-state index in [0.29, 0.717) is 6.61 Å². The molecule has 0 aromatic rings. The minimum absolute atomic E-state index is 0.0619. The molecule has 5 heteroatoms. The van der Waals surface area contributed by atoms with Gasteiger partial charge in [0, 0.05) is 13.2 Å². The lowest BCUT2D eigenvalue weighted by Gasteiger charge is -2.31. The van der Waals surface area contributed by atoms with Gasteiger partial charge in [-0.1, -0.05) is 6.08 Å². The number of aliphatic hydroxyl groups is 1. The van der Waals surface area contributed by atoms with Crippen LogP contribution in [0.2, 0.25) is 0 Å². The molecule has 3 unspecified atom stereocenters. The van der Waals surface area contributed by atoms with Gasteiger partial charge in [-0.2, -0.15) is 0 Å². The van der Waals surface area contributed by atoms with Gasteiger partial charge in [-0.15, -0.1) is 0 Å². The summed E-state index contributed by atoms with van der Waals surface area (Å²) >= 11 is 0. The van der Waals surface area contributed by atoms with Crippen molar-refractivity contribution in [3.8, 4) is 0 Å². The molecule has 0 radical (unpaired) electrons. The van der Waals surface area contributed by atoms with Gasteiger partial charge in [0.25, 0.3) is 0 Å². The highest BCUT2D eigenvalue weighted by atomic mass is 16.7. The Morgan fingerprint density at radius 2 is 2.27 bits per heavy atom. The van der Waals surface area contributed by atoms with Gasteiger partial charge in [0.1, 0.15) is 0 Å². The van der Waals surface area contributed by atoms with Crippen molar-refractivity contribution in [2.24, 2.45) is 0 Å². The molecule has 2 N–H and O–H groups in total. The molecule has 0 bridgehead atoms. The number of likely N-dealkylation sites (N-methyl/N-ethyl adjacent to an activating group) is 1. The Kier molecular flexibility index (Phi) is 8.41. The third-order valence-corrected chi connectivity index (χ3v) is 4.28. The highest BCUT2D eigenvalue weighted by Crippen LogP contribution is 2.27. The van der Waals surface area contributed by atoms with E-state index in [2.05, 4.69) is 11.4 Å². The Balaban J connectivity index is 1.88. The van der Waals surface area contributed by atoms with Crippen LogP contribution in [0, 0.1) is 0 Å². The van der Waals surface area contributed by atoms with Crippen LogP contribution in [0.4, 0.5) is 0 Å². The van der Waals surface area contributed by atoms with Gasteiger partial charge in [-0.25, -0.2) is 0 Å². The molecule has 1 aliphatic carbocycles. The van der Waals surface area contributed by atoms with Gasteiger partial charge < -0.3 is 24.6 Å². The van der Waals surface area contributed by atoms with Crippen LogP contribution in [0.1, 0.15) is 44.9 Å². The maximum Gasteiger partial charge on any atom is 0.158 e. The smallest absolute Gasteiger partial charge is 0.158 e. The topological polar surface area (TPSA) is 60.0 Å². The first-order valence-corrected chi connectivity index (χ1v) is 8.66. The molecule has 3 atom stereocenters. The molecular weight excluding hydrogens is 282 g/mol. The van der Waals surface area contributed by atoms with E-state index in [1.54, 1.807) is 0 Å². The fraction of sp³-hybridized carbons (Fsp3) is 0.882. The van der Waals surface area contributed by atoms with Crippen LogP contribution in [-0.4, -0.2) is 57.0 Å². The summed E-state index contributed by atoms with van der Waals surface area (Å²) in [6.07, 6.45) is 9.96. The fourth-order valence-corrected chi connectivity index (χ4v) is 3.20. The van der Waals surface area contributed by atoms with Crippen LogP contribution in [0.15, 0.2) is 11.6 Å². The predicted molar refractivity (Wildman–Crippen MR) is 85.8 cm³/mol. The fourth-order valence-electron chi connectivity index (χ4n) is 3.20. The van der Waals surface area contributed by atoms with Crippen molar-refractivity contribution in [2.45, 2.75) is 63.4 Å². The molecular formula is C17H31NO4. The quantitative estimate of drug-likeness (QED) is 0.638. The second-order valence-corrected chi connectivity index (χ2v) is 6.11. The average molecular weight is 313 g/mol. The van der Waals surface area contributed by atoms with Gasteiger partial charge in [0.05, 0.1) is 25.4 Å². The summed E-state index contributed by atoms with van der Waals surface area (Å²) in [6.45, 7) is 2.10. The average Bonchev–Trinajstić information content (AvgIpc) is 2.55. The molecule has 0 aromatic heterocycles. The van der Waals surface area contributed by atoms with Crippen LogP contribution >= 0.6 is 0 Å². The zero-order valence-corrected chi connectivity index (χ0v) is 13.8. The van der Waals surface area contributed by atoms with Crippen LogP contribution in [0.5, 0.6) is 0 Å². The Morgan fingerprint density at radius 1 is 1.36 bits per heavy atom. The van der Waals surface area contributed by atoms with Gasteiger partial charge in [-0.05, 0) is 57.6 Å². The van der Waals surface area contributed by atoms with E-state index in [-0.39, 0.29) is 25.1 Å². The molecule has 0 saturated carbocycles. The van der Waals surface area contributed by atoms with Crippen molar-refractivity contribution in [3.05, 3.63) is 11.6 Å². The van der Waals surface area contributed by atoms with Crippen LogP contribution < -0.4 is 5.32 Å². The lowest BCUT2D eigenvalue weighted by Crippen LogP contribution is -2.35. The molecule has 1 heterocycles. The van der Waals surface area contributed by atoms with Gasteiger partial charge in [-0.3, -0.25) is 0 Å². The monoisotopic (exact) mass is 313 g/mol. The standard InChI is InChI=1S/C17H31NO4/c1-18-13-15(22-17-8-4-5-10-21-17)12-14-6-2-3-7-16(14)20-11-9-19/h6,15-19H,2-5,7-13H2,1H3. The molecule has 22 heavy (non-hydrogen) atoms. The molecule has 0 aromatic carbocycles. The molecule has 2 aliphatic rings. The summed E-state index contributed by atoms with van der Waals surface area (Å²) in [7, 11) is 1.95. The molecule has 0 spiro atoms. The number of hydrogen-bond acceptors (Lipinski definition) is 5. The van der Waals surface area contributed by atoms with E-state index < -0.39 is 0 Å². The Bertz CT molecular complexity index is 329. The van der Waals surface area contributed by atoms with E-state index in [1.807, 2.05) is 7.05 Å². The zero-order valence-electron chi connectivity index (χ0n) is 13.8. The van der Waals surface area contributed by atoms with Crippen LogP contribution in [0.3, 0.4) is 0 Å². The Morgan fingerprint density at radius 3 is 3.00 bits per heavy atom. The van der Waals surface area contributed by atoms with E-state index in [1.165, 1.54) is 12.0 Å². The van der Waals surface area contributed by atoms with E-state index in [0.717, 1.165) is 51.7 Å². The number of allylic oxidation sites excluding steroid dienone is 1. The van der Waals surface area contributed by atoms with Crippen molar-refractivity contribution in [1.82, 2.24) is 5.32 Å². The molecule has 2 rings (SSSR count). The van der Waals surface area contributed by atoms with Crippen LogP contribution in [-0.2, 0) is 14.2 Å². The van der Waals surface area contributed by atoms with E-state index in [9.17, 15) is 0 Å². The van der Waals surface area contributed by atoms with Crippen molar-refractivity contribution in [2.75, 3.05) is 33.4 Å².